The second-order valence-corrected chi connectivity index (χ2v) is 8.52. The predicted molar refractivity (Wildman–Crippen MR) is 127 cm³/mol. The van der Waals surface area contributed by atoms with E-state index < -0.39 is 0 Å². The lowest BCUT2D eigenvalue weighted by Crippen LogP contribution is -2.17. The molecule has 0 atom stereocenters. The van der Waals surface area contributed by atoms with E-state index in [0.717, 1.165) is 33.5 Å². The van der Waals surface area contributed by atoms with Gasteiger partial charge in [-0.15, -0.1) is 10.2 Å². The van der Waals surface area contributed by atoms with E-state index in [1.54, 1.807) is 10.5 Å². The molecule has 32 heavy (non-hydrogen) atoms. The number of benzene rings is 2. The summed E-state index contributed by atoms with van der Waals surface area (Å²) in [6, 6.07) is 25.6. The highest BCUT2D eigenvalue weighted by atomic mass is 32.2. The van der Waals surface area contributed by atoms with E-state index >= 15 is 0 Å². The summed E-state index contributed by atoms with van der Waals surface area (Å²) < 4.78 is 3.67. The third-order valence-corrected chi connectivity index (χ3v) is 6.17. The number of thioether (sulfide) groups is 1. The van der Waals surface area contributed by atoms with Crippen LogP contribution >= 0.6 is 11.8 Å². The van der Waals surface area contributed by atoms with Gasteiger partial charge in [0.1, 0.15) is 5.65 Å². The van der Waals surface area contributed by atoms with Crippen molar-refractivity contribution in [2.75, 3.05) is 0 Å². The summed E-state index contributed by atoms with van der Waals surface area (Å²) >= 11 is 1.51. The highest BCUT2D eigenvalue weighted by Crippen LogP contribution is 2.29. The molecule has 0 spiro atoms. The van der Waals surface area contributed by atoms with E-state index in [1.165, 1.54) is 11.8 Å². The first kappa shape index (κ1) is 20.2. The largest absolute Gasteiger partial charge is 0.270 e. The van der Waals surface area contributed by atoms with Crippen LogP contribution in [0.5, 0.6) is 0 Å². The van der Waals surface area contributed by atoms with E-state index in [2.05, 4.69) is 38.8 Å². The van der Waals surface area contributed by atoms with E-state index in [0.29, 0.717) is 17.1 Å². The Bertz CT molecular complexity index is 1470. The van der Waals surface area contributed by atoms with Crippen LogP contribution in [0, 0.1) is 13.8 Å². The van der Waals surface area contributed by atoms with E-state index in [1.807, 2.05) is 67.6 Å². The van der Waals surface area contributed by atoms with Crippen molar-refractivity contribution in [3.63, 3.8) is 0 Å². The van der Waals surface area contributed by atoms with Crippen LogP contribution in [0.4, 0.5) is 0 Å². The Hall–Kier alpha value is -3.71. The van der Waals surface area contributed by atoms with Crippen molar-refractivity contribution in [1.82, 2.24) is 24.1 Å². The molecule has 3 heterocycles. The van der Waals surface area contributed by atoms with Crippen LogP contribution in [-0.2, 0) is 5.75 Å². The lowest BCUT2D eigenvalue weighted by molar-refractivity contribution is 0.884. The number of nitrogens with zero attached hydrogens (tertiary/aromatic N) is 5. The van der Waals surface area contributed by atoms with Gasteiger partial charge in [0.15, 0.2) is 11.0 Å². The van der Waals surface area contributed by atoms with Crippen molar-refractivity contribution in [2.24, 2.45) is 0 Å². The second kappa shape index (κ2) is 8.43. The summed E-state index contributed by atoms with van der Waals surface area (Å²) in [5.74, 6) is 1.29. The Morgan fingerprint density at radius 3 is 2.50 bits per heavy atom. The third kappa shape index (κ3) is 3.83. The number of aromatic nitrogens is 5. The first-order chi connectivity index (χ1) is 15.6. The fourth-order valence-electron chi connectivity index (χ4n) is 3.72. The van der Waals surface area contributed by atoms with Crippen LogP contribution in [-0.4, -0.2) is 24.1 Å². The zero-order valence-electron chi connectivity index (χ0n) is 17.8. The van der Waals surface area contributed by atoms with Crippen LogP contribution < -0.4 is 5.56 Å². The van der Waals surface area contributed by atoms with Gasteiger partial charge in [-0.2, -0.15) is 0 Å². The molecule has 5 aromatic rings. The molecule has 0 fully saturated rings. The maximum atomic E-state index is 12.6. The standard InChI is InChI=1S/C25H21N5OS/c1-17-8-6-10-19(14-17)24-27-28-25(30(24)21-11-4-3-5-12-21)32-16-20-15-23(31)29-18(2)9-7-13-22(29)26-20/h3-15H,16H2,1-2H3. The second-order valence-electron chi connectivity index (χ2n) is 7.58. The number of hydrogen-bond acceptors (Lipinski definition) is 5. The van der Waals surface area contributed by atoms with Gasteiger partial charge in [-0.05, 0) is 44.2 Å². The highest BCUT2D eigenvalue weighted by Gasteiger charge is 2.17. The molecule has 5 rings (SSSR count). The van der Waals surface area contributed by atoms with E-state index in [9.17, 15) is 4.79 Å². The summed E-state index contributed by atoms with van der Waals surface area (Å²) in [6.07, 6.45) is 0. The number of para-hydroxylation sites is 1. The van der Waals surface area contributed by atoms with Gasteiger partial charge < -0.3 is 0 Å². The summed E-state index contributed by atoms with van der Waals surface area (Å²) in [5.41, 5.74) is 5.31. The Balaban J connectivity index is 1.53. The lowest BCUT2D eigenvalue weighted by atomic mass is 10.1. The van der Waals surface area contributed by atoms with Gasteiger partial charge in [0, 0.05) is 28.8 Å². The minimum Gasteiger partial charge on any atom is -0.270 e. The molecule has 0 saturated heterocycles. The summed E-state index contributed by atoms with van der Waals surface area (Å²) in [5, 5.41) is 9.73. The number of fused-ring (bicyclic) bond motifs is 1. The zero-order chi connectivity index (χ0) is 22.1. The molecule has 2 aromatic carbocycles. The topological polar surface area (TPSA) is 65.1 Å². The smallest absolute Gasteiger partial charge is 0.258 e. The van der Waals surface area contributed by atoms with Gasteiger partial charge in [-0.1, -0.05) is 59.8 Å². The maximum Gasteiger partial charge on any atom is 0.258 e. The third-order valence-electron chi connectivity index (χ3n) is 5.21. The average molecular weight is 440 g/mol. The van der Waals surface area contributed by atoms with Crippen molar-refractivity contribution in [1.29, 1.82) is 0 Å². The van der Waals surface area contributed by atoms with Crippen LogP contribution in [0.25, 0.3) is 22.7 Å². The molecule has 158 valence electrons. The van der Waals surface area contributed by atoms with Crippen molar-refractivity contribution >= 4 is 17.4 Å². The van der Waals surface area contributed by atoms with E-state index in [-0.39, 0.29) is 5.56 Å². The zero-order valence-corrected chi connectivity index (χ0v) is 18.6. The van der Waals surface area contributed by atoms with Crippen molar-refractivity contribution in [2.45, 2.75) is 24.8 Å². The normalized spacial score (nSPS) is 11.2. The SMILES string of the molecule is Cc1cccc(-c2nnc(SCc3cc(=O)n4c(C)cccc4n3)n2-c2ccccc2)c1. The van der Waals surface area contributed by atoms with Crippen LogP contribution in [0.2, 0.25) is 0 Å². The molecule has 0 aliphatic carbocycles. The van der Waals surface area contributed by atoms with Gasteiger partial charge in [0.05, 0.1) is 5.69 Å². The monoisotopic (exact) mass is 439 g/mol. The molecule has 0 amide bonds. The fourth-order valence-corrected chi connectivity index (χ4v) is 4.56. The molecule has 3 aromatic heterocycles. The van der Waals surface area contributed by atoms with Gasteiger partial charge in [-0.3, -0.25) is 13.8 Å². The van der Waals surface area contributed by atoms with Crippen molar-refractivity contribution < 1.29 is 0 Å². The fraction of sp³-hybridized carbons (Fsp3) is 0.120. The Morgan fingerprint density at radius 1 is 0.875 bits per heavy atom. The molecule has 0 saturated carbocycles. The van der Waals surface area contributed by atoms with Gasteiger partial charge >= 0.3 is 0 Å². The number of rotatable bonds is 5. The molecule has 0 unspecified atom stereocenters. The Kier molecular flexibility index (Phi) is 5.33. The Labute approximate surface area is 189 Å². The molecular weight excluding hydrogens is 418 g/mol. The van der Waals surface area contributed by atoms with Gasteiger partial charge in [-0.25, -0.2) is 4.98 Å². The average Bonchev–Trinajstić information content (AvgIpc) is 3.22. The molecule has 7 heteroatoms. The predicted octanol–water partition coefficient (Wildman–Crippen LogP) is 4.85. The maximum absolute atomic E-state index is 12.6. The Morgan fingerprint density at radius 2 is 1.69 bits per heavy atom. The minimum atomic E-state index is -0.0753. The lowest BCUT2D eigenvalue weighted by Gasteiger charge is -2.11. The quantitative estimate of drug-likeness (QED) is 0.366. The highest BCUT2D eigenvalue weighted by molar-refractivity contribution is 7.98. The van der Waals surface area contributed by atoms with Gasteiger partial charge in [0.2, 0.25) is 0 Å². The first-order valence-electron chi connectivity index (χ1n) is 10.3. The molecule has 0 aliphatic heterocycles. The summed E-state index contributed by atoms with van der Waals surface area (Å²) in [7, 11) is 0. The number of aryl methyl sites for hydroxylation is 2. The van der Waals surface area contributed by atoms with Crippen molar-refractivity contribution in [3.8, 4) is 17.1 Å². The molecule has 6 nitrogen and oxygen atoms in total. The minimum absolute atomic E-state index is 0.0753. The molecule has 0 bridgehead atoms. The summed E-state index contributed by atoms with van der Waals surface area (Å²) in [6.45, 7) is 3.97. The number of pyridine rings is 1. The van der Waals surface area contributed by atoms with Crippen LogP contribution in [0.3, 0.4) is 0 Å². The number of hydrogen-bond donors (Lipinski definition) is 0. The molecular formula is C25H21N5OS. The molecule has 0 N–H and O–H groups in total. The van der Waals surface area contributed by atoms with Crippen LogP contribution in [0.1, 0.15) is 17.0 Å². The molecule has 0 aliphatic rings. The van der Waals surface area contributed by atoms with Gasteiger partial charge in [0.25, 0.3) is 5.56 Å². The summed E-state index contributed by atoms with van der Waals surface area (Å²) in [4.78, 5) is 17.3. The van der Waals surface area contributed by atoms with E-state index in [4.69, 9.17) is 0 Å². The first-order valence-corrected chi connectivity index (χ1v) is 11.3. The van der Waals surface area contributed by atoms with Crippen LogP contribution in [0.15, 0.2) is 88.8 Å². The van der Waals surface area contributed by atoms with Crippen molar-refractivity contribution in [3.05, 3.63) is 106 Å². The molecule has 0 radical (unpaired) electrons.